The Morgan fingerprint density at radius 3 is 3.00 bits per heavy atom. The third-order valence-electron chi connectivity index (χ3n) is 1.81. The van der Waals surface area contributed by atoms with E-state index in [4.69, 9.17) is 5.26 Å². The zero-order valence-corrected chi connectivity index (χ0v) is 7.14. The van der Waals surface area contributed by atoms with Crippen molar-refractivity contribution in [2.24, 2.45) is 0 Å². The molecule has 0 unspecified atom stereocenters. The Morgan fingerprint density at radius 1 is 1.50 bits per heavy atom. The highest BCUT2D eigenvalue weighted by Crippen LogP contribution is 2.06. The van der Waals surface area contributed by atoms with Crippen molar-refractivity contribution in [2.75, 3.05) is 0 Å². The Kier molecular flexibility index (Phi) is 1.88. The van der Waals surface area contributed by atoms with Crippen LogP contribution in [-0.4, -0.2) is 14.8 Å². The van der Waals surface area contributed by atoms with Gasteiger partial charge in [-0.3, -0.25) is 0 Å². The van der Waals surface area contributed by atoms with Gasteiger partial charge in [-0.05, 0) is 18.2 Å². The topological polar surface area (TPSA) is 74.5 Å². The fourth-order valence-corrected chi connectivity index (χ4v) is 1.16. The molecule has 2 rings (SSSR count). The lowest BCUT2D eigenvalue weighted by molar-refractivity contribution is 0.982. The van der Waals surface area contributed by atoms with Gasteiger partial charge in [0.15, 0.2) is 0 Å². The molecule has 0 saturated heterocycles. The maximum absolute atomic E-state index is 11.2. The predicted octanol–water partition coefficient (Wildman–Crippen LogP) is 0.432. The van der Waals surface area contributed by atoms with Gasteiger partial charge in [0.05, 0.1) is 17.3 Å². The van der Waals surface area contributed by atoms with Gasteiger partial charge < -0.3 is 0 Å². The van der Waals surface area contributed by atoms with Crippen molar-refractivity contribution in [3.8, 4) is 11.8 Å². The van der Waals surface area contributed by atoms with Crippen molar-refractivity contribution in [1.82, 2.24) is 14.8 Å². The molecule has 0 fully saturated rings. The van der Waals surface area contributed by atoms with E-state index in [-0.39, 0.29) is 5.69 Å². The van der Waals surface area contributed by atoms with Gasteiger partial charge in [-0.2, -0.15) is 10.4 Å². The van der Waals surface area contributed by atoms with Crippen LogP contribution in [0.15, 0.2) is 35.4 Å². The number of benzene rings is 1. The molecule has 0 atom stereocenters. The Labute approximate surface area is 79.2 Å². The second kappa shape index (κ2) is 3.18. The molecule has 0 amide bonds. The molecule has 0 saturated carbocycles. The number of H-pyrrole nitrogens is 1. The van der Waals surface area contributed by atoms with Crippen LogP contribution in [0.4, 0.5) is 0 Å². The molecule has 0 aliphatic carbocycles. The molecule has 1 heterocycles. The van der Waals surface area contributed by atoms with Crippen LogP contribution in [0.1, 0.15) is 5.56 Å². The number of nitrogens with zero attached hydrogens (tertiary/aromatic N) is 3. The maximum Gasteiger partial charge on any atom is 0.347 e. The summed E-state index contributed by atoms with van der Waals surface area (Å²) in [5.74, 6) is 0. The molecule has 14 heavy (non-hydrogen) atoms. The second-order valence-electron chi connectivity index (χ2n) is 2.69. The fourth-order valence-electron chi connectivity index (χ4n) is 1.16. The van der Waals surface area contributed by atoms with Gasteiger partial charge in [-0.15, -0.1) is 0 Å². The Bertz CT molecular complexity index is 546. The van der Waals surface area contributed by atoms with E-state index in [2.05, 4.69) is 10.2 Å². The number of nitriles is 1. The third kappa shape index (κ3) is 1.29. The molecule has 0 aliphatic rings. The molecule has 5 heteroatoms. The lowest BCUT2D eigenvalue weighted by Gasteiger charge is -1.98. The van der Waals surface area contributed by atoms with Crippen LogP contribution in [0.25, 0.3) is 5.69 Å². The van der Waals surface area contributed by atoms with E-state index in [0.717, 1.165) is 0 Å². The van der Waals surface area contributed by atoms with Crippen molar-refractivity contribution < 1.29 is 0 Å². The molecular formula is C9H6N4O. The molecular weight excluding hydrogens is 180 g/mol. The molecule has 0 aliphatic heterocycles. The summed E-state index contributed by atoms with van der Waals surface area (Å²) in [6, 6.07) is 8.75. The first kappa shape index (κ1) is 8.26. The average Bonchev–Trinajstić information content (AvgIpc) is 2.65. The largest absolute Gasteiger partial charge is 0.347 e. The van der Waals surface area contributed by atoms with Gasteiger partial charge in [0.25, 0.3) is 0 Å². The van der Waals surface area contributed by atoms with E-state index in [0.29, 0.717) is 11.3 Å². The Balaban J connectivity index is 2.59. The van der Waals surface area contributed by atoms with E-state index >= 15 is 0 Å². The lowest BCUT2D eigenvalue weighted by atomic mass is 10.2. The minimum Gasteiger partial charge on any atom is -0.250 e. The van der Waals surface area contributed by atoms with E-state index in [1.807, 2.05) is 6.07 Å². The number of hydrogen-bond donors (Lipinski definition) is 1. The zero-order valence-electron chi connectivity index (χ0n) is 7.14. The van der Waals surface area contributed by atoms with E-state index < -0.39 is 0 Å². The number of hydrogen-bond acceptors (Lipinski definition) is 3. The van der Waals surface area contributed by atoms with Crippen LogP contribution in [0.2, 0.25) is 0 Å². The molecule has 0 radical (unpaired) electrons. The summed E-state index contributed by atoms with van der Waals surface area (Å²) in [6.45, 7) is 0. The normalized spacial score (nSPS) is 9.64. The summed E-state index contributed by atoms with van der Waals surface area (Å²) in [5.41, 5.74) is 0.818. The van der Waals surface area contributed by atoms with Crippen LogP contribution in [0.5, 0.6) is 0 Å². The highest BCUT2D eigenvalue weighted by atomic mass is 16.1. The quantitative estimate of drug-likeness (QED) is 0.701. The molecule has 1 N–H and O–H groups in total. The molecule has 0 spiro atoms. The number of rotatable bonds is 1. The summed E-state index contributed by atoms with van der Waals surface area (Å²) in [5, 5.41) is 14.5. The SMILES string of the molecule is N#Cc1cccc(-n2cn[nH]c2=O)c1. The monoisotopic (exact) mass is 186 g/mol. The van der Waals surface area contributed by atoms with Gasteiger partial charge in [0.2, 0.25) is 0 Å². The number of aromatic amines is 1. The van der Waals surface area contributed by atoms with Crippen LogP contribution >= 0.6 is 0 Å². The fraction of sp³-hybridized carbons (Fsp3) is 0. The van der Waals surface area contributed by atoms with Crippen LogP contribution < -0.4 is 5.69 Å². The van der Waals surface area contributed by atoms with Gasteiger partial charge in [-0.25, -0.2) is 14.5 Å². The van der Waals surface area contributed by atoms with Crippen LogP contribution in [0, 0.1) is 11.3 Å². The summed E-state index contributed by atoms with van der Waals surface area (Å²) >= 11 is 0. The minimum absolute atomic E-state index is 0.319. The van der Waals surface area contributed by atoms with E-state index in [9.17, 15) is 4.79 Å². The van der Waals surface area contributed by atoms with Crippen molar-refractivity contribution >= 4 is 0 Å². The Morgan fingerprint density at radius 2 is 2.36 bits per heavy atom. The molecule has 2 aromatic rings. The molecule has 5 nitrogen and oxygen atoms in total. The predicted molar refractivity (Wildman–Crippen MR) is 48.9 cm³/mol. The highest BCUT2D eigenvalue weighted by Gasteiger charge is 2.00. The van der Waals surface area contributed by atoms with E-state index in [1.54, 1.807) is 24.3 Å². The van der Waals surface area contributed by atoms with Crippen molar-refractivity contribution in [2.45, 2.75) is 0 Å². The minimum atomic E-state index is -0.319. The third-order valence-corrected chi connectivity index (χ3v) is 1.81. The van der Waals surface area contributed by atoms with E-state index in [1.165, 1.54) is 10.9 Å². The second-order valence-corrected chi connectivity index (χ2v) is 2.69. The molecule has 68 valence electrons. The lowest BCUT2D eigenvalue weighted by Crippen LogP contribution is -2.13. The molecule has 0 bridgehead atoms. The number of aromatic nitrogens is 3. The number of nitrogens with one attached hydrogen (secondary N) is 1. The molecule has 1 aromatic heterocycles. The first-order valence-electron chi connectivity index (χ1n) is 3.94. The van der Waals surface area contributed by atoms with Gasteiger partial charge in [0, 0.05) is 0 Å². The first-order valence-corrected chi connectivity index (χ1v) is 3.94. The van der Waals surface area contributed by atoms with Crippen LogP contribution in [-0.2, 0) is 0 Å². The highest BCUT2D eigenvalue weighted by molar-refractivity contribution is 5.40. The van der Waals surface area contributed by atoms with Crippen molar-refractivity contribution in [3.63, 3.8) is 0 Å². The van der Waals surface area contributed by atoms with Crippen LogP contribution in [0.3, 0.4) is 0 Å². The van der Waals surface area contributed by atoms with Gasteiger partial charge in [0.1, 0.15) is 6.33 Å². The average molecular weight is 186 g/mol. The smallest absolute Gasteiger partial charge is 0.250 e. The zero-order chi connectivity index (χ0) is 9.97. The van der Waals surface area contributed by atoms with Gasteiger partial charge >= 0.3 is 5.69 Å². The summed E-state index contributed by atoms with van der Waals surface area (Å²) in [7, 11) is 0. The summed E-state index contributed by atoms with van der Waals surface area (Å²) < 4.78 is 1.33. The maximum atomic E-state index is 11.2. The standard InChI is InChI=1S/C9H6N4O/c10-5-7-2-1-3-8(4-7)13-6-11-12-9(13)14/h1-4,6H,(H,12,14). The Hall–Kier alpha value is -2.35. The van der Waals surface area contributed by atoms with Crippen molar-refractivity contribution in [1.29, 1.82) is 5.26 Å². The van der Waals surface area contributed by atoms with Crippen molar-refractivity contribution in [3.05, 3.63) is 46.6 Å². The first-order chi connectivity index (χ1) is 6.81. The molecule has 1 aromatic carbocycles. The van der Waals surface area contributed by atoms with Gasteiger partial charge in [-0.1, -0.05) is 6.07 Å². The summed E-state index contributed by atoms with van der Waals surface area (Å²) in [6.07, 6.45) is 1.37. The summed E-state index contributed by atoms with van der Waals surface area (Å²) in [4.78, 5) is 11.2.